The van der Waals surface area contributed by atoms with E-state index in [0.717, 1.165) is 36.6 Å². The van der Waals surface area contributed by atoms with Gasteiger partial charge in [-0.05, 0) is 12.8 Å². The number of hydrogen-bond acceptors (Lipinski definition) is 2. The lowest BCUT2D eigenvalue weighted by molar-refractivity contribution is 0.451. The van der Waals surface area contributed by atoms with E-state index in [1.807, 2.05) is 0 Å². The predicted molar refractivity (Wildman–Crippen MR) is 53.9 cm³/mol. The Morgan fingerprint density at radius 3 is 2.38 bits per heavy atom. The number of unbranched alkanes of at least 4 members (excludes halogenated alkanes) is 1. The van der Waals surface area contributed by atoms with Gasteiger partial charge >= 0.3 is 0 Å². The maximum absolute atomic E-state index is 5.65. The minimum atomic E-state index is 0.926. The van der Waals surface area contributed by atoms with Gasteiger partial charge in [-0.1, -0.05) is 27.2 Å². The molecule has 74 valence electrons. The van der Waals surface area contributed by atoms with Gasteiger partial charge in [0.05, 0.1) is 5.69 Å². The number of aryl methyl sites for hydroxylation is 3. The van der Waals surface area contributed by atoms with E-state index >= 15 is 0 Å². The zero-order valence-corrected chi connectivity index (χ0v) is 8.89. The Kier molecular flexibility index (Phi) is 4.00. The number of hydrogen-bond donors (Lipinski definition) is 0. The molecule has 2 heteroatoms. The van der Waals surface area contributed by atoms with Crippen molar-refractivity contribution < 1.29 is 4.42 Å². The molecule has 0 atom stereocenters. The van der Waals surface area contributed by atoms with Crippen molar-refractivity contribution in [2.75, 3.05) is 0 Å². The molecule has 0 spiro atoms. The summed E-state index contributed by atoms with van der Waals surface area (Å²) >= 11 is 0. The molecule has 1 aromatic rings. The summed E-state index contributed by atoms with van der Waals surface area (Å²) in [7, 11) is 0. The topological polar surface area (TPSA) is 26.0 Å². The lowest BCUT2D eigenvalue weighted by Crippen LogP contribution is -1.87. The predicted octanol–water partition coefficient (Wildman–Crippen LogP) is 3.14. The van der Waals surface area contributed by atoms with Crippen molar-refractivity contribution in [1.82, 2.24) is 4.98 Å². The minimum Gasteiger partial charge on any atom is -0.445 e. The van der Waals surface area contributed by atoms with Crippen LogP contribution in [0.15, 0.2) is 4.42 Å². The highest BCUT2D eigenvalue weighted by Crippen LogP contribution is 2.14. The van der Waals surface area contributed by atoms with Gasteiger partial charge in [0.2, 0.25) is 0 Å². The van der Waals surface area contributed by atoms with Crippen LogP contribution in [-0.2, 0) is 19.3 Å². The quantitative estimate of drug-likeness (QED) is 0.697. The molecule has 0 saturated carbocycles. The summed E-state index contributed by atoms with van der Waals surface area (Å²) in [5, 5.41) is 0. The molecule has 1 rings (SSSR count). The summed E-state index contributed by atoms with van der Waals surface area (Å²) in [5.74, 6) is 2.00. The van der Waals surface area contributed by atoms with Gasteiger partial charge in [0.25, 0.3) is 0 Å². The average Bonchev–Trinajstić information content (AvgIpc) is 2.57. The van der Waals surface area contributed by atoms with Crippen LogP contribution in [0.3, 0.4) is 0 Å². The first kappa shape index (κ1) is 10.3. The number of rotatable bonds is 5. The van der Waals surface area contributed by atoms with Crippen LogP contribution in [0.5, 0.6) is 0 Å². The fourth-order valence-electron chi connectivity index (χ4n) is 1.42. The number of oxazole rings is 1. The Hall–Kier alpha value is -0.790. The normalized spacial score (nSPS) is 10.7. The van der Waals surface area contributed by atoms with Gasteiger partial charge in [0.1, 0.15) is 5.76 Å². The molecule has 0 amide bonds. The average molecular weight is 181 g/mol. The van der Waals surface area contributed by atoms with Crippen molar-refractivity contribution in [2.24, 2.45) is 0 Å². The fraction of sp³-hybridized carbons (Fsp3) is 0.727. The third kappa shape index (κ3) is 2.58. The maximum atomic E-state index is 5.65. The smallest absolute Gasteiger partial charge is 0.194 e. The van der Waals surface area contributed by atoms with Gasteiger partial charge in [0.15, 0.2) is 5.89 Å². The Labute approximate surface area is 80.4 Å². The molecule has 0 unspecified atom stereocenters. The van der Waals surface area contributed by atoms with E-state index in [1.54, 1.807) is 0 Å². The molecule has 1 aromatic heterocycles. The molecule has 2 nitrogen and oxygen atoms in total. The lowest BCUT2D eigenvalue weighted by Gasteiger charge is -1.91. The van der Waals surface area contributed by atoms with E-state index in [4.69, 9.17) is 4.42 Å². The molecule has 0 aliphatic rings. The Bertz CT molecular complexity index is 231. The van der Waals surface area contributed by atoms with Gasteiger partial charge in [0, 0.05) is 12.8 Å². The van der Waals surface area contributed by atoms with Crippen LogP contribution >= 0.6 is 0 Å². The number of aromatic nitrogens is 1. The zero-order valence-electron chi connectivity index (χ0n) is 8.89. The van der Waals surface area contributed by atoms with E-state index in [-0.39, 0.29) is 0 Å². The van der Waals surface area contributed by atoms with Crippen molar-refractivity contribution in [3.8, 4) is 0 Å². The summed E-state index contributed by atoms with van der Waals surface area (Å²) in [6, 6.07) is 0. The first-order chi connectivity index (χ1) is 6.31. The van der Waals surface area contributed by atoms with Crippen LogP contribution in [0.2, 0.25) is 0 Å². The fourth-order valence-corrected chi connectivity index (χ4v) is 1.42. The first-order valence-corrected chi connectivity index (χ1v) is 5.29. The highest BCUT2D eigenvalue weighted by molar-refractivity contribution is 5.09. The SMILES string of the molecule is CCCCc1nc(CC)c(CC)o1. The highest BCUT2D eigenvalue weighted by Gasteiger charge is 2.08. The van der Waals surface area contributed by atoms with E-state index < -0.39 is 0 Å². The Balaban J connectivity index is 2.68. The van der Waals surface area contributed by atoms with Gasteiger partial charge in [-0.2, -0.15) is 0 Å². The van der Waals surface area contributed by atoms with Crippen molar-refractivity contribution in [3.63, 3.8) is 0 Å². The van der Waals surface area contributed by atoms with Crippen LogP contribution in [0, 0.1) is 0 Å². The van der Waals surface area contributed by atoms with E-state index in [0.29, 0.717) is 0 Å². The molecule has 0 radical (unpaired) electrons. The second-order valence-corrected chi connectivity index (χ2v) is 3.29. The minimum absolute atomic E-state index is 0.926. The Morgan fingerprint density at radius 2 is 1.92 bits per heavy atom. The summed E-state index contributed by atoms with van der Waals surface area (Å²) in [6.45, 7) is 6.42. The molecule has 0 fully saturated rings. The van der Waals surface area contributed by atoms with Crippen LogP contribution in [0.25, 0.3) is 0 Å². The molecule has 0 aliphatic carbocycles. The molecule has 0 N–H and O–H groups in total. The monoisotopic (exact) mass is 181 g/mol. The molecule has 13 heavy (non-hydrogen) atoms. The van der Waals surface area contributed by atoms with Crippen LogP contribution in [0.1, 0.15) is 51.0 Å². The van der Waals surface area contributed by atoms with Crippen molar-refractivity contribution in [1.29, 1.82) is 0 Å². The second kappa shape index (κ2) is 5.05. The number of nitrogens with zero attached hydrogens (tertiary/aromatic N) is 1. The van der Waals surface area contributed by atoms with Gasteiger partial charge in [-0.15, -0.1) is 0 Å². The first-order valence-electron chi connectivity index (χ1n) is 5.29. The zero-order chi connectivity index (χ0) is 9.68. The lowest BCUT2D eigenvalue weighted by atomic mass is 10.2. The van der Waals surface area contributed by atoms with Crippen LogP contribution < -0.4 is 0 Å². The van der Waals surface area contributed by atoms with Crippen LogP contribution in [0.4, 0.5) is 0 Å². The third-order valence-electron chi connectivity index (χ3n) is 2.22. The van der Waals surface area contributed by atoms with Crippen molar-refractivity contribution in [2.45, 2.75) is 52.9 Å². The molecule has 0 saturated heterocycles. The van der Waals surface area contributed by atoms with Gasteiger partial charge in [-0.3, -0.25) is 0 Å². The van der Waals surface area contributed by atoms with E-state index in [1.165, 1.54) is 12.8 Å². The summed E-state index contributed by atoms with van der Waals surface area (Å²) in [5.41, 5.74) is 1.15. The van der Waals surface area contributed by atoms with Gasteiger partial charge in [-0.25, -0.2) is 4.98 Å². The van der Waals surface area contributed by atoms with Crippen LogP contribution in [-0.4, -0.2) is 4.98 Å². The van der Waals surface area contributed by atoms with Crippen molar-refractivity contribution >= 4 is 0 Å². The van der Waals surface area contributed by atoms with Gasteiger partial charge < -0.3 is 4.42 Å². The largest absolute Gasteiger partial charge is 0.445 e. The summed E-state index contributed by atoms with van der Waals surface area (Å²) < 4.78 is 5.65. The Morgan fingerprint density at radius 1 is 1.15 bits per heavy atom. The van der Waals surface area contributed by atoms with E-state index in [9.17, 15) is 0 Å². The summed E-state index contributed by atoms with van der Waals surface area (Å²) in [4.78, 5) is 4.47. The molecule has 0 aromatic carbocycles. The third-order valence-corrected chi connectivity index (χ3v) is 2.22. The van der Waals surface area contributed by atoms with E-state index in [2.05, 4.69) is 25.8 Å². The second-order valence-electron chi connectivity index (χ2n) is 3.29. The highest BCUT2D eigenvalue weighted by atomic mass is 16.4. The molecule has 0 bridgehead atoms. The molecule has 0 aliphatic heterocycles. The molecular weight excluding hydrogens is 162 g/mol. The maximum Gasteiger partial charge on any atom is 0.194 e. The summed E-state index contributed by atoms with van der Waals surface area (Å²) in [6.07, 6.45) is 5.31. The molecular formula is C11H19NO. The molecule has 1 heterocycles. The standard InChI is InChI=1S/C11H19NO/c1-4-7-8-11-12-9(5-2)10(6-3)13-11/h4-8H2,1-3H3. The van der Waals surface area contributed by atoms with Crippen molar-refractivity contribution in [3.05, 3.63) is 17.3 Å².